The molecule has 2 aromatic heterocycles. The van der Waals surface area contributed by atoms with Crippen molar-refractivity contribution in [2.45, 2.75) is 25.4 Å². The lowest BCUT2D eigenvalue weighted by atomic mass is 10.2. The van der Waals surface area contributed by atoms with Gasteiger partial charge in [0.2, 0.25) is 5.91 Å². The van der Waals surface area contributed by atoms with Crippen molar-refractivity contribution < 1.29 is 4.79 Å². The molecule has 3 heterocycles. The first-order valence-electron chi connectivity index (χ1n) is 8.24. The Morgan fingerprint density at radius 3 is 2.84 bits per heavy atom. The monoisotopic (exact) mass is 346 g/mol. The first kappa shape index (κ1) is 17.2. The highest BCUT2D eigenvalue weighted by Crippen LogP contribution is 2.18. The van der Waals surface area contributed by atoms with Crippen molar-refractivity contribution in [1.29, 1.82) is 0 Å². The summed E-state index contributed by atoms with van der Waals surface area (Å²) >= 11 is 0. The minimum atomic E-state index is -0.472. The fourth-order valence-corrected chi connectivity index (χ4v) is 3.15. The Morgan fingerprint density at radius 2 is 2.12 bits per heavy atom. The molecule has 0 aromatic carbocycles. The number of carbonyl (C=O) groups excluding carboxylic acids is 1. The summed E-state index contributed by atoms with van der Waals surface area (Å²) in [5.74, 6) is -0.0310. The van der Waals surface area contributed by atoms with Crippen LogP contribution in [-0.2, 0) is 25.4 Å². The molecule has 3 rings (SSSR count). The predicted molar refractivity (Wildman–Crippen MR) is 92.4 cm³/mol. The van der Waals surface area contributed by atoms with Gasteiger partial charge in [-0.15, -0.1) is 0 Å². The Hall–Kier alpha value is -2.68. The van der Waals surface area contributed by atoms with Gasteiger partial charge in [-0.1, -0.05) is 0 Å². The highest BCUT2D eigenvalue weighted by atomic mass is 16.2. The number of nitrogens with zero attached hydrogens (tertiary/aromatic N) is 5. The normalized spacial score (nSPS) is 17.8. The fraction of sp³-hybridized carbons (Fsp3) is 0.500. The van der Waals surface area contributed by atoms with Gasteiger partial charge >= 0.3 is 5.69 Å². The van der Waals surface area contributed by atoms with Crippen molar-refractivity contribution in [1.82, 2.24) is 23.8 Å². The van der Waals surface area contributed by atoms with E-state index in [4.69, 9.17) is 0 Å². The zero-order valence-electron chi connectivity index (χ0n) is 14.4. The van der Waals surface area contributed by atoms with Crippen LogP contribution in [0.1, 0.15) is 12.8 Å². The van der Waals surface area contributed by atoms with Crippen LogP contribution >= 0.6 is 0 Å². The van der Waals surface area contributed by atoms with Gasteiger partial charge in [-0.25, -0.2) is 4.79 Å². The molecule has 0 aliphatic carbocycles. The summed E-state index contributed by atoms with van der Waals surface area (Å²) in [6.07, 6.45) is 5.69. The number of amides is 1. The second-order valence-electron chi connectivity index (χ2n) is 6.31. The van der Waals surface area contributed by atoms with Crippen LogP contribution in [0.2, 0.25) is 0 Å². The first-order valence-corrected chi connectivity index (χ1v) is 8.24. The summed E-state index contributed by atoms with van der Waals surface area (Å²) in [5.41, 5.74) is -0.920. The Morgan fingerprint density at radius 1 is 1.32 bits per heavy atom. The van der Waals surface area contributed by atoms with Crippen LogP contribution in [0, 0.1) is 0 Å². The molecule has 0 unspecified atom stereocenters. The third kappa shape index (κ3) is 3.71. The lowest BCUT2D eigenvalue weighted by Gasteiger charge is -2.24. The largest absolute Gasteiger partial charge is 0.332 e. The maximum absolute atomic E-state index is 12.4. The first-order chi connectivity index (χ1) is 12.0. The van der Waals surface area contributed by atoms with Gasteiger partial charge in [0.15, 0.2) is 0 Å². The maximum Gasteiger partial charge on any atom is 0.332 e. The number of anilines is 1. The summed E-state index contributed by atoms with van der Waals surface area (Å²) in [4.78, 5) is 38.2. The van der Waals surface area contributed by atoms with Crippen LogP contribution in [0.3, 0.4) is 0 Å². The van der Waals surface area contributed by atoms with Gasteiger partial charge in [0.25, 0.3) is 5.56 Å². The van der Waals surface area contributed by atoms with Crippen LogP contribution in [0.15, 0.2) is 34.1 Å². The average molecular weight is 346 g/mol. The minimum Gasteiger partial charge on any atom is -0.311 e. The third-order valence-corrected chi connectivity index (χ3v) is 4.60. The van der Waals surface area contributed by atoms with Gasteiger partial charge in [0.1, 0.15) is 5.82 Å². The smallest absolute Gasteiger partial charge is 0.311 e. The fourth-order valence-electron chi connectivity index (χ4n) is 3.15. The molecule has 0 saturated carbocycles. The molecule has 25 heavy (non-hydrogen) atoms. The number of likely N-dealkylation sites (tertiary alicyclic amines) is 1. The summed E-state index contributed by atoms with van der Waals surface area (Å²) in [6.45, 7) is 1.80. The minimum absolute atomic E-state index is 0.209. The van der Waals surface area contributed by atoms with E-state index >= 15 is 0 Å². The van der Waals surface area contributed by atoms with E-state index < -0.39 is 11.2 Å². The van der Waals surface area contributed by atoms with Gasteiger partial charge < -0.3 is 5.32 Å². The molecule has 1 aliphatic heterocycles. The van der Waals surface area contributed by atoms with Crippen molar-refractivity contribution in [2.24, 2.45) is 14.1 Å². The Kier molecular flexibility index (Phi) is 4.84. The number of hydrogen-bond acceptors (Lipinski definition) is 5. The lowest BCUT2D eigenvalue weighted by Crippen LogP contribution is -2.41. The van der Waals surface area contributed by atoms with Crippen molar-refractivity contribution in [3.05, 3.63) is 45.4 Å². The standard InChI is InChI=1S/C16H22N6O3/c1-19-13(9-15(24)20(2)16(19)25)18-14(23)11-21-7-3-5-12(21)10-22-8-4-6-17-22/h4,6,8-9,12H,3,5,7,10-11H2,1-2H3,(H,18,23)/t12-/m1/s1. The van der Waals surface area contributed by atoms with Crippen molar-refractivity contribution >= 4 is 11.7 Å². The van der Waals surface area contributed by atoms with Crippen LogP contribution in [-0.4, -0.2) is 48.9 Å². The van der Waals surface area contributed by atoms with E-state index in [1.807, 2.05) is 16.9 Å². The van der Waals surface area contributed by atoms with E-state index in [1.54, 1.807) is 6.20 Å². The molecule has 0 bridgehead atoms. The summed E-state index contributed by atoms with van der Waals surface area (Å²) in [5, 5.41) is 6.89. The molecule has 9 heteroatoms. The van der Waals surface area contributed by atoms with Crippen molar-refractivity contribution in [3.8, 4) is 0 Å². The topological polar surface area (TPSA) is 94.2 Å². The molecule has 0 spiro atoms. The maximum atomic E-state index is 12.4. The Balaban J connectivity index is 1.66. The van der Waals surface area contributed by atoms with E-state index in [0.29, 0.717) is 0 Å². The lowest BCUT2D eigenvalue weighted by molar-refractivity contribution is -0.117. The van der Waals surface area contributed by atoms with E-state index in [0.717, 1.165) is 30.5 Å². The van der Waals surface area contributed by atoms with Crippen LogP contribution in [0.5, 0.6) is 0 Å². The van der Waals surface area contributed by atoms with Gasteiger partial charge in [-0.05, 0) is 25.5 Å². The van der Waals surface area contributed by atoms with E-state index in [-0.39, 0.29) is 24.3 Å². The number of carbonyl (C=O) groups is 1. The number of rotatable bonds is 5. The quantitative estimate of drug-likeness (QED) is 0.779. The van der Waals surface area contributed by atoms with Crippen molar-refractivity contribution in [3.63, 3.8) is 0 Å². The zero-order valence-corrected chi connectivity index (χ0v) is 14.4. The third-order valence-electron chi connectivity index (χ3n) is 4.60. The van der Waals surface area contributed by atoms with E-state index in [2.05, 4.69) is 15.3 Å². The van der Waals surface area contributed by atoms with Gasteiger partial charge in [-0.3, -0.25) is 28.3 Å². The van der Waals surface area contributed by atoms with Gasteiger partial charge in [0.05, 0.1) is 13.1 Å². The van der Waals surface area contributed by atoms with Gasteiger partial charge in [-0.2, -0.15) is 5.10 Å². The van der Waals surface area contributed by atoms with E-state index in [9.17, 15) is 14.4 Å². The Labute approximate surface area is 144 Å². The molecule has 1 saturated heterocycles. The number of aromatic nitrogens is 4. The second-order valence-corrected chi connectivity index (χ2v) is 6.31. The average Bonchev–Trinajstić information content (AvgIpc) is 3.23. The highest BCUT2D eigenvalue weighted by molar-refractivity contribution is 5.91. The number of hydrogen-bond donors (Lipinski definition) is 1. The summed E-state index contributed by atoms with van der Waals surface area (Å²) < 4.78 is 4.12. The van der Waals surface area contributed by atoms with E-state index in [1.165, 1.54) is 24.7 Å². The molecule has 1 aliphatic rings. The molecule has 1 amide bonds. The van der Waals surface area contributed by atoms with Crippen LogP contribution in [0.4, 0.5) is 5.82 Å². The molecule has 134 valence electrons. The zero-order chi connectivity index (χ0) is 18.0. The molecular formula is C16H22N6O3. The molecule has 1 N–H and O–H groups in total. The molecule has 1 atom stereocenters. The number of nitrogens with one attached hydrogen (secondary N) is 1. The molecule has 1 fully saturated rings. The predicted octanol–water partition coefficient (Wildman–Crippen LogP) is -0.616. The van der Waals surface area contributed by atoms with Crippen LogP contribution in [0.25, 0.3) is 0 Å². The van der Waals surface area contributed by atoms with Crippen molar-refractivity contribution in [2.75, 3.05) is 18.4 Å². The molecule has 9 nitrogen and oxygen atoms in total. The summed E-state index contributed by atoms with van der Waals surface area (Å²) in [6, 6.07) is 3.38. The van der Waals surface area contributed by atoms with Gasteiger partial charge in [0, 0.05) is 38.6 Å². The molecule has 2 aromatic rings. The summed E-state index contributed by atoms with van der Waals surface area (Å²) in [7, 11) is 2.92. The van der Waals surface area contributed by atoms with Crippen LogP contribution < -0.4 is 16.6 Å². The molecule has 0 radical (unpaired) electrons. The molecular weight excluding hydrogens is 324 g/mol. The highest BCUT2D eigenvalue weighted by Gasteiger charge is 2.26. The Bertz CT molecular complexity index is 867. The SMILES string of the molecule is Cn1c(NC(=O)CN2CCC[C@@H]2Cn2cccn2)cc(=O)n(C)c1=O. The second kappa shape index (κ2) is 7.06.